The first kappa shape index (κ1) is 14.8. The number of amides is 1. The van der Waals surface area contributed by atoms with Crippen LogP contribution in [0.5, 0.6) is 0 Å². The fraction of sp³-hybridized carbons (Fsp3) is 0.200. The van der Waals surface area contributed by atoms with Crippen molar-refractivity contribution in [2.24, 2.45) is 0 Å². The molecule has 19 heavy (non-hydrogen) atoms. The number of ether oxygens (including phenoxy) is 1. The minimum absolute atomic E-state index is 0.0521. The summed E-state index contributed by atoms with van der Waals surface area (Å²) in [4.78, 5) is 21.6. The smallest absolute Gasteiger partial charge is 0.422 e. The summed E-state index contributed by atoms with van der Waals surface area (Å²) >= 11 is 0. The molecule has 0 heterocycles. The van der Waals surface area contributed by atoms with E-state index in [2.05, 4.69) is 4.74 Å². The Morgan fingerprint density at radius 3 is 2.47 bits per heavy atom. The van der Waals surface area contributed by atoms with Crippen molar-refractivity contribution in [3.05, 3.63) is 29.3 Å². The van der Waals surface area contributed by atoms with E-state index in [9.17, 15) is 18.0 Å². The summed E-state index contributed by atoms with van der Waals surface area (Å²) in [5, 5.41) is 8.81. The Kier molecular flexibility index (Phi) is 4.33. The van der Waals surface area contributed by atoms with Crippen molar-refractivity contribution < 1.29 is 27.9 Å². The number of nitrogens with one attached hydrogen (secondary N) is 2. The maximum Gasteiger partial charge on any atom is 0.422 e. The van der Waals surface area contributed by atoms with Crippen molar-refractivity contribution in [2.45, 2.75) is 6.92 Å². The van der Waals surface area contributed by atoms with E-state index < -0.39 is 22.3 Å². The predicted molar refractivity (Wildman–Crippen MR) is 66.2 cm³/mol. The van der Waals surface area contributed by atoms with Gasteiger partial charge < -0.3 is 9.84 Å². The molecule has 0 bridgehead atoms. The van der Waals surface area contributed by atoms with Gasteiger partial charge in [0.25, 0.3) is 0 Å². The third-order valence-corrected chi connectivity index (χ3v) is 3.06. The normalized spacial score (nSPS) is 10.6. The first-order valence-electron chi connectivity index (χ1n) is 4.97. The molecule has 0 aliphatic carbocycles. The zero-order chi connectivity index (χ0) is 14.6. The van der Waals surface area contributed by atoms with Gasteiger partial charge in [-0.15, -0.1) is 0 Å². The highest BCUT2D eigenvalue weighted by atomic mass is 32.2. The molecule has 0 aliphatic rings. The molecule has 0 radical (unpaired) electrons. The monoisotopic (exact) mass is 288 g/mol. The number of carbonyl (C=O) groups is 2. The lowest BCUT2D eigenvalue weighted by Crippen LogP contribution is -2.35. The summed E-state index contributed by atoms with van der Waals surface area (Å²) < 4.78 is 30.8. The molecule has 1 aromatic carbocycles. The average molecular weight is 288 g/mol. The van der Waals surface area contributed by atoms with Crippen LogP contribution in [0.3, 0.4) is 0 Å². The molecule has 0 aliphatic heterocycles. The van der Waals surface area contributed by atoms with E-state index in [4.69, 9.17) is 5.11 Å². The van der Waals surface area contributed by atoms with Gasteiger partial charge in [0.05, 0.1) is 18.4 Å². The number of aryl methyl sites for hydroxylation is 1. The quantitative estimate of drug-likeness (QED) is 0.750. The number of carboxylic acid groups (broad SMARTS) is 1. The maximum atomic E-state index is 11.5. The van der Waals surface area contributed by atoms with Crippen LogP contribution in [0.4, 0.5) is 10.5 Å². The van der Waals surface area contributed by atoms with E-state index in [-0.39, 0.29) is 11.3 Å². The number of aromatic carboxylic acids is 1. The Bertz CT molecular complexity index is 610. The molecule has 0 unspecified atom stereocenters. The standard InChI is InChI=1S/C10H12N2O6S/c1-6-3-4-7(9(13)14)5-8(6)11-19(16,17)12-10(15)18-2/h3-5,11H,1-2H3,(H,12,15)(H,13,14). The van der Waals surface area contributed by atoms with Crippen LogP contribution in [0.2, 0.25) is 0 Å². The highest BCUT2D eigenvalue weighted by Crippen LogP contribution is 2.18. The zero-order valence-electron chi connectivity index (χ0n) is 10.1. The number of carbonyl (C=O) groups excluding carboxylic acids is 1. The first-order valence-corrected chi connectivity index (χ1v) is 6.46. The number of hydrogen-bond acceptors (Lipinski definition) is 5. The number of rotatable bonds is 4. The number of benzene rings is 1. The van der Waals surface area contributed by atoms with Gasteiger partial charge in [-0.05, 0) is 24.6 Å². The second-order valence-corrected chi connectivity index (χ2v) is 4.95. The highest BCUT2D eigenvalue weighted by Gasteiger charge is 2.16. The molecule has 104 valence electrons. The van der Waals surface area contributed by atoms with Crippen molar-refractivity contribution in [1.82, 2.24) is 4.72 Å². The molecular formula is C10H12N2O6S. The number of hydrogen-bond donors (Lipinski definition) is 3. The first-order chi connectivity index (χ1) is 8.75. The second kappa shape index (κ2) is 5.57. The van der Waals surface area contributed by atoms with Crippen LogP contribution < -0.4 is 9.44 Å². The van der Waals surface area contributed by atoms with Gasteiger partial charge in [0.2, 0.25) is 0 Å². The lowest BCUT2D eigenvalue weighted by molar-refractivity contribution is 0.0697. The maximum absolute atomic E-state index is 11.5. The lowest BCUT2D eigenvalue weighted by atomic mass is 10.1. The lowest BCUT2D eigenvalue weighted by Gasteiger charge is -2.11. The summed E-state index contributed by atoms with van der Waals surface area (Å²) in [6.45, 7) is 1.58. The van der Waals surface area contributed by atoms with Crippen molar-refractivity contribution >= 4 is 28.0 Å². The second-order valence-electron chi connectivity index (χ2n) is 3.53. The van der Waals surface area contributed by atoms with E-state index in [1.54, 1.807) is 11.6 Å². The van der Waals surface area contributed by atoms with E-state index in [0.717, 1.165) is 13.2 Å². The van der Waals surface area contributed by atoms with Gasteiger partial charge in [0.1, 0.15) is 0 Å². The molecule has 0 aromatic heterocycles. The summed E-state index contributed by atoms with van der Waals surface area (Å²) in [6.07, 6.45) is -1.15. The van der Waals surface area contributed by atoms with E-state index in [1.807, 2.05) is 4.72 Å². The van der Waals surface area contributed by atoms with Crippen LogP contribution in [-0.2, 0) is 14.9 Å². The van der Waals surface area contributed by atoms with Crippen LogP contribution in [0.25, 0.3) is 0 Å². The van der Waals surface area contributed by atoms with Crippen LogP contribution in [0, 0.1) is 6.92 Å². The minimum atomic E-state index is -4.18. The van der Waals surface area contributed by atoms with Crippen molar-refractivity contribution in [3.8, 4) is 0 Å². The molecule has 9 heteroatoms. The fourth-order valence-corrected chi connectivity index (χ4v) is 2.05. The van der Waals surface area contributed by atoms with E-state index >= 15 is 0 Å². The molecule has 1 rings (SSSR count). The Morgan fingerprint density at radius 2 is 1.95 bits per heavy atom. The van der Waals surface area contributed by atoms with Gasteiger partial charge in [-0.1, -0.05) is 6.07 Å². The Labute approximate surface area is 109 Å². The number of carboxylic acids is 1. The largest absolute Gasteiger partial charge is 0.478 e. The zero-order valence-corrected chi connectivity index (χ0v) is 10.9. The molecule has 0 atom stereocenters. The van der Waals surface area contributed by atoms with Gasteiger partial charge >= 0.3 is 22.3 Å². The van der Waals surface area contributed by atoms with Crippen molar-refractivity contribution in [2.75, 3.05) is 11.8 Å². The summed E-state index contributed by atoms with van der Waals surface area (Å²) in [5.74, 6) is -1.19. The van der Waals surface area contributed by atoms with Gasteiger partial charge in [-0.3, -0.25) is 4.72 Å². The SMILES string of the molecule is COC(=O)NS(=O)(=O)Nc1cc(C(=O)O)ccc1C. The van der Waals surface area contributed by atoms with Crippen molar-refractivity contribution in [1.29, 1.82) is 0 Å². The van der Waals surface area contributed by atoms with E-state index in [0.29, 0.717) is 5.56 Å². The molecule has 3 N–H and O–H groups in total. The third-order valence-electron chi connectivity index (χ3n) is 2.13. The van der Waals surface area contributed by atoms with Crippen LogP contribution in [0.1, 0.15) is 15.9 Å². The van der Waals surface area contributed by atoms with Crippen LogP contribution in [0.15, 0.2) is 18.2 Å². The number of anilines is 1. The van der Waals surface area contributed by atoms with Gasteiger partial charge in [0.15, 0.2) is 0 Å². The van der Waals surface area contributed by atoms with E-state index in [1.165, 1.54) is 12.1 Å². The Hall–Kier alpha value is -2.29. The Morgan fingerprint density at radius 1 is 1.32 bits per heavy atom. The summed E-state index contributed by atoms with van der Waals surface area (Å²) in [6, 6.07) is 3.93. The molecule has 0 saturated heterocycles. The highest BCUT2D eigenvalue weighted by molar-refractivity contribution is 7.91. The van der Waals surface area contributed by atoms with Crippen molar-refractivity contribution in [3.63, 3.8) is 0 Å². The fourth-order valence-electron chi connectivity index (χ4n) is 1.19. The Balaban J connectivity index is 3.02. The molecule has 0 spiro atoms. The molecule has 8 nitrogen and oxygen atoms in total. The third kappa shape index (κ3) is 4.14. The van der Waals surface area contributed by atoms with Gasteiger partial charge in [0, 0.05) is 0 Å². The van der Waals surface area contributed by atoms with Crippen LogP contribution in [-0.4, -0.2) is 32.7 Å². The predicted octanol–water partition coefficient (Wildman–Crippen LogP) is 0.706. The summed E-state index contributed by atoms with van der Waals surface area (Å²) in [5.41, 5.74) is 0.470. The number of methoxy groups -OCH3 is 1. The van der Waals surface area contributed by atoms with Gasteiger partial charge in [-0.2, -0.15) is 8.42 Å². The molecule has 0 saturated carbocycles. The molecular weight excluding hydrogens is 276 g/mol. The molecule has 1 amide bonds. The average Bonchev–Trinajstić information content (AvgIpc) is 2.30. The molecule has 1 aromatic rings. The van der Waals surface area contributed by atoms with Gasteiger partial charge in [-0.25, -0.2) is 14.3 Å². The van der Waals surface area contributed by atoms with Crippen LogP contribution >= 0.6 is 0 Å². The topological polar surface area (TPSA) is 122 Å². The summed E-state index contributed by atoms with van der Waals surface area (Å²) in [7, 11) is -3.16. The minimum Gasteiger partial charge on any atom is -0.478 e. The molecule has 0 fully saturated rings.